The fourth-order valence-corrected chi connectivity index (χ4v) is 2.36. The minimum atomic E-state index is 0.884. The van der Waals surface area contributed by atoms with Crippen molar-refractivity contribution in [1.82, 2.24) is 0 Å². The zero-order valence-electron chi connectivity index (χ0n) is 15.3. The van der Waals surface area contributed by atoms with E-state index in [9.17, 15) is 0 Å². The van der Waals surface area contributed by atoms with Gasteiger partial charge in [0.1, 0.15) is 0 Å². The monoisotopic (exact) mass is 296 g/mol. The molecule has 0 bridgehead atoms. The Morgan fingerprint density at radius 2 is 1.55 bits per heavy atom. The van der Waals surface area contributed by atoms with E-state index in [0.717, 1.165) is 18.4 Å². The maximum Gasteiger partial charge on any atom is -0.0163 e. The van der Waals surface area contributed by atoms with Gasteiger partial charge in [-0.2, -0.15) is 0 Å². The second-order valence-corrected chi connectivity index (χ2v) is 5.49. The molecule has 0 saturated carbocycles. The van der Waals surface area contributed by atoms with Crippen molar-refractivity contribution >= 4 is 0 Å². The van der Waals surface area contributed by atoms with E-state index in [0.29, 0.717) is 0 Å². The second kappa shape index (κ2) is 10.8. The smallest absolute Gasteiger partial charge is 0.0163 e. The van der Waals surface area contributed by atoms with Crippen LogP contribution < -0.4 is 0 Å². The molecule has 0 aliphatic heterocycles. The first kappa shape index (κ1) is 20.2. The highest BCUT2D eigenvalue weighted by molar-refractivity contribution is 5.55. The Bertz CT molecular complexity index is 543. The molecule has 22 heavy (non-hydrogen) atoms. The van der Waals surface area contributed by atoms with Crippen LogP contribution in [0.1, 0.15) is 54.4 Å². The molecule has 0 unspecified atom stereocenters. The molecule has 0 atom stereocenters. The van der Waals surface area contributed by atoms with Gasteiger partial charge in [0.25, 0.3) is 0 Å². The Labute approximate surface area is 138 Å². The van der Waals surface area contributed by atoms with Crippen molar-refractivity contribution in [3.8, 4) is 0 Å². The molecule has 0 radical (unpaired) electrons. The summed E-state index contributed by atoms with van der Waals surface area (Å²) in [7, 11) is 0. The highest BCUT2D eigenvalue weighted by atomic mass is 14.1. The van der Waals surface area contributed by atoms with Crippen LogP contribution in [0.5, 0.6) is 0 Å². The summed E-state index contributed by atoms with van der Waals surface area (Å²) in [5, 5.41) is 0. The minimum absolute atomic E-state index is 0.884. The van der Waals surface area contributed by atoms with Gasteiger partial charge in [0.2, 0.25) is 0 Å². The molecule has 0 amide bonds. The predicted molar refractivity (Wildman–Crippen MR) is 103 cm³/mol. The first-order chi connectivity index (χ1) is 10.4. The van der Waals surface area contributed by atoms with Gasteiger partial charge >= 0.3 is 0 Å². The lowest BCUT2D eigenvalue weighted by Gasteiger charge is -2.13. The summed E-state index contributed by atoms with van der Waals surface area (Å²) in [5.74, 6) is 0. The van der Waals surface area contributed by atoms with E-state index in [-0.39, 0.29) is 0 Å². The van der Waals surface area contributed by atoms with Crippen molar-refractivity contribution in [3.63, 3.8) is 0 Å². The quantitative estimate of drug-likeness (QED) is 0.326. The SMILES string of the molecule is C=CC/C=C(C(\C)=C/C)/C(C)=C/C(=C/C)C(=C\CC)/C(=C)C. The predicted octanol–water partition coefficient (Wildman–Crippen LogP) is 7.26. The Hall–Kier alpha value is -1.82. The summed E-state index contributed by atoms with van der Waals surface area (Å²) in [6.07, 6.45) is 14.9. The van der Waals surface area contributed by atoms with E-state index in [1.807, 2.05) is 6.08 Å². The van der Waals surface area contributed by atoms with Crippen molar-refractivity contribution in [2.24, 2.45) is 0 Å². The van der Waals surface area contributed by atoms with Crippen molar-refractivity contribution < 1.29 is 0 Å². The fourth-order valence-electron chi connectivity index (χ4n) is 2.36. The Kier molecular flexibility index (Phi) is 9.95. The molecule has 0 nitrogen and oxygen atoms in total. The molecule has 0 fully saturated rings. The number of rotatable bonds is 8. The Balaban J connectivity index is 5.84. The lowest BCUT2D eigenvalue weighted by atomic mass is 9.92. The third-order valence-corrected chi connectivity index (χ3v) is 3.63. The number of allylic oxidation sites excluding steroid dienone is 12. The molecule has 0 heterocycles. The summed E-state index contributed by atoms with van der Waals surface area (Å²) < 4.78 is 0. The third-order valence-electron chi connectivity index (χ3n) is 3.63. The van der Waals surface area contributed by atoms with Gasteiger partial charge in [0.15, 0.2) is 0 Å². The van der Waals surface area contributed by atoms with Crippen LogP contribution in [0.2, 0.25) is 0 Å². The molecule has 0 aliphatic rings. The highest BCUT2D eigenvalue weighted by Gasteiger charge is 2.06. The fraction of sp³-hybridized carbons (Fsp3) is 0.364. The van der Waals surface area contributed by atoms with Crippen molar-refractivity contribution in [2.45, 2.75) is 54.4 Å². The van der Waals surface area contributed by atoms with E-state index >= 15 is 0 Å². The zero-order chi connectivity index (χ0) is 17.1. The first-order valence-electron chi connectivity index (χ1n) is 8.08. The third kappa shape index (κ3) is 6.30. The molecule has 0 heteroatoms. The molecule has 120 valence electrons. The Morgan fingerprint density at radius 3 is 1.95 bits per heavy atom. The lowest BCUT2D eigenvalue weighted by molar-refractivity contribution is 1.18. The van der Waals surface area contributed by atoms with Crippen LogP contribution >= 0.6 is 0 Å². The van der Waals surface area contributed by atoms with Crippen LogP contribution in [-0.2, 0) is 0 Å². The summed E-state index contributed by atoms with van der Waals surface area (Å²) in [6, 6.07) is 0. The van der Waals surface area contributed by atoms with E-state index in [1.165, 1.54) is 27.9 Å². The largest absolute Gasteiger partial charge is 0.103 e. The van der Waals surface area contributed by atoms with Gasteiger partial charge in [0.05, 0.1) is 0 Å². The Morgan fingerprint density at radius 1 is 0.909 bits per heavy atom. The van der Waals surface area contributed by atoms with E-state index in [4.69, 9.17) is 0 Å². The van der Waals surface area contributed by atoms with Crippen LogP contribution in [0.25, 0.3) is 0 Å². The zero-order valence-corrected chi connectivity index (χ0v) is 15.3. The van der Waals surface area contributed by atoms with Crippen LogP contribution in [0.3, 0.4) is 0 Å². The molecule has 0 saturated heterocycles. The second-order valence-electron chi connectivity index (χ2n) is 5.49. The van der Waals surface area contributed by atoms with Crippen LogP contribution in [0.4, 0.5) is 0 Å². The van der Waals surface area contributed by atoms with Gasteiger partial charge in [-0.05, 0) is 75.3 Å². The first-order valence-corrected chi connectivity index (χ1v) is 8.08. The van der Waals surface area contributed by atoms with Crippen molar-refractivity contribution in [3.05, 3.63) is 83.1 Å². The van der Waals surface area contributed by atoms with Crippen LogP contribution in [-0.4, -0.2) is 0 Å². The number of hydrogen-bond acceptors (Lipinski definition) is 0. The molecule has 0 spiro atoms. The van der Waals surface area contributed by atoms with E-state index in [1.54, 1.807) is 0 Å². The van der Waals surface area contributed by atoms with Crippen molar-refractivity contribution in [2.75, 3.05) is 0 Å². The van der Waals surface area contributed by atoms with Gasteiger partial charge < -0.3 is 0 Å². The highest BCUT2D eigenvalue weighted by Crippen LogP contribution is 2.26. The molecule has 0 aromatic rings. The molecular weight excluding hydrogens is 264 g/mol. The average molecular weight is 296 g/mol. The van der Waals surface area contributed by atoms with Crippen molar-refractivity contribution in [1.29, 1.82) is 0 Å². The van der Waals surface area contributed by atoms with Gasteiger partial charge in [0, 0.05) is 0 Å². The normalized spacial score (nSPS) is 15.1. The maximum atomic E-state index is 4.12. The standard InChI is InChI=1S/C22H32/c1-9-13-15-22(18(7)11-3)19(8)16-20(12-4)21(14-10-2)17(5)6/h9,11-12,14-16H,1,5,10,13H2,2-4,6-8H3/b18-11-,19-16+,20-12-,21-14-,22-15+. The van der Waals surface area contributed by atoms with Gasteiger partial charge in [-0.25, -0.2) is 0 Å². The minimum Gasteiger partial charge on any atom is -0.103 e. The maximum absolute atomic E-state index is 4.12. The van der Waals surface area contributed by atoms with E-state index < -0.39 is 0 Å². The van der Waals surface area contributed by atoms with Gasteiger partial charge in [-0.3, -0.25) is 0 Å². The summed E-state index contributed by atoms with van der Waals surface area (Å²) >= 11 is 0. The molecular formula is C22H32. The lowest BCUT2D eigenvalue weighted by Crippen LogP contribution is -1.94. The summed E-state index contributed by atoms with van der Waals surface area (Å²) in [4.78, 5) is 0. The molecule has 0 aromatic carbocycles. The van der Waals surface area contributed by atoms with E-state index in [2.05, 4.69) is 85.1 Å². The molecule has 0 N–H and O–H groups in total. The summed E-state index contributed by atoms with van der Waals surface area (Å²) in [6.45, 7) is 20.7. The average Bonchev–Trinajstić information content (AvgIpc) is 2.50. The molecule has 0 aliphatic carbocycles. The van der Waals surface area contributed by atoms with Crippen LogP contribution in [0.15, 0.2) is 83.1 Å². The van der Waals surface area contributed by atoms with Gasteiger partial charge in [-0.15, -0.1) is 6.58 Å². The topological polar surface area (TPSA) is 0 Å². The molecule has 0 rings (SSSR count). The van der Waals surface area contributed by atoms with Crippen LogP contribution in [0, 0.1) is 0 Å². The summed E-state index contributed by atoms with van der Waals surface area (Å²) in [5.41, 5.74) is 7.44. The molecule has 0 aromatic heterocycles. The van der Waals surface area contributed by atoms with Gasteiger partial charge in [-0.1, -0.05) is 55.5 Å². The number of hydrogen-bond donors (Lipinski definition) is 0.